The van der Waals surface area contributed by atoms with Gasteiger partial charge in [-0.05, 0) is 17.7 Å². The van der Waals surface area contributed by atoms with Crippen molar-refractivity contribution in [2.75, 3.05) is 14.2 Å². The van der Waals surface area contributed by atoms with Gasteiger partial charge < -0.3 is 20.5 Å². The average molecular weight is 379 g/mol. The first-order valence-corrected chi connectivity index (χ1v) is 8.93. The third-order valence-electron chi connectivity index (χ3n) is 4.29. The summed E-state index contributed by atoms with van der Waals surface area (Å²) in [4.78, 5) is 4.41. The Morgan fingerprint density at radius 3 is 2.57 bits per heavy atom. The van der Waals surface area contributed by atoms with Crippen molar-refractivity contribution in [3.63, 3.8) is 0 Å². The fourth-order valence-electron chi connectivity index (χ4n) is 2.90. The fourth-order valence-corrected chi connectivity index (χ4v) is 2.90. The van der Waals surface area contributed by atoms with Crippen molar-refractivity contribution in [3.05, 3.63) is 65.9 Å². The number of aromatic nitrogens is 2. The summed E-state index contributed by atoms with van der Waals surface area (Å²) in [6.45, 7) is 0.983. The van der Waals surface area contributed by atoms with Gasteiger partial charge in [0.1, 0.15) is 0 Å². The third-order valence-corrected chi connectivity index (χ3v) is 4.29. The summed E-state index contributed by atoms with van der Waals surface area (Å²) in [7, 11) is 5.13. The second-order valence-corrected chi connectivity index (χ2v) is 6.29. The van der Waals surface area contributed by atoms with Crippen LogP contribution in [-0.2, 0) is 20.1 Å². The van der Waals surface area contributed by atoms with E-state index in [1.165, 1.54) is 0 Å². The highest BCUT2D eigenvalue weighted by Gasteiger charge is 2.10. The molecular formula is C21H25N5O2. The van der Waals surface area contributed by atoms with E-state index in [-0.39, 0.29) is 0 Å². The molecule has 146 valence electrons. The number of hydrogen-bond donors (Lipinski definition) is 2. The lowest BCUT2D eigenvalue weighted by molar-refractivity contribution is 0.354. The number of nitrogens with two attached hydrogens (primary N) is 1. The van der Waals surface area contributed by atoms with E-state index in [0.29, 0.717) is 30.5 Å². The van der Waals surface area contributed by atoms with Gasteiger partial charge in [-0.1, -0.05) is 36.4 Å². The van der Waals surface area contributed by atoms with E-state index in [1.54, 1.807) is 18.9 Å². The normalized spacial score (nSPS) is 11.3. The Balaban J connectivity index is 1.65. The van der Waals surface area contributed by atoms with Crippen molar-refractivity contribution in [2.24, 2.45) is 17.8 Å². The van der Waals surface area contributed by atoms with Crippen molar-refractivity contribution < 1.29 is 9.47 Å². The number of hydrogen-bond acceptors (Lipinski definition) is 4. The Morgan fingerprint density at radius 1 is 1.11 bits per heavy atom. The smallest absolute Gasteiger partial charge is 0.189 e. The van der Waals surface area contributed by atoms with Crippen LogP contribution in [0.15, 0.2) is 59.7 Å². The summed E-state index contributed by atoms with van der Waals surface area (Å²) in [5.41, 5.74) is 10.1. The lowest BCUT2D eigenvalue weighted by Crippen LogP contribution is -2.31. The number of aliphatic imine (C=N–C) groups is 1. The van der Waals surface area contributed by atoms with Crippen LogP contribution in [0.4, 0.5) is 0 Å². The minimum Gasteiger partial charge on any atom is -0.493 e. The van der Waals surface area contributed by atoms with Crippen molar-refractivity contribution in [2.45, 2.75) is 13.1 Å². The molecule has 3 rings (SSSR count). The fraction of sp³-hybridized carbons (Fsp3) is 0.238. The number of ether oxygens (including phenoxy) is 2. The monoisotopic (exact) mass is 379 g/mol. The van der Waals surface area contributed by atoms with Crippen LogP contribution in [0.25, 0.3) is 11.3 Å². The molecule has 0 fully saturated rings. The molecule has 3 N–H and O–H groups in total. The summed E-state index contributed by atoms with van der Waals surface area (Å²) >= 11 is 0. The van der Waals surface area contributed by atoms with E-state index in [0.717, 1.165) is 22.4 Å². The van der Waals surface area contributed by atoms with Crippen LogP contribution in [0.1, 0.15) is 11.1 Å². The summed E-state index contributed by atoms with van der Waals surface area (Å²) in [6.07, 6.45) is 1.98. The largest absolute Gasteiger partial charge is 0.493 e. The van der Waals surface area contributed by atoms with E-state index in [2.05, 4.69) is 15.4 Å². The third kappa shape index (κ3) is 4.62. The molecule has 7 nitrogen and oxygen atoms in total. The molecule has 0 aliphatic carbocycles. The van der Waals surface area contributed by atoms with Crippen LogP contribution in [0.3, 0.4) is 0 Å². The van der Waals surface area contributed by atoms with E-state index < -0.39 is 0 Å². The number of methoxy groups -OCH3 is 2. The molecule has 2 aromatic carbocycles. The lowest BCUT2D eigenvalue weighted by Gasteiger charge is -2.09. The average Bonchev–Trinajstić information content (AvgIpc) is 3.11. The molecule has 0 saturated carbocycles. The SMILES string of the molecule is COc1ccc(CN=C(N)NCc2cn(C)nc2-c2ccccc2)cc1OC. The molecule has 0 bridgehead atoms. The number of aryl methyl sites for hydroxylation is 1. The van der Waals surface area contributed by atoms with Crippen molar-refractivity contribution in [3.8, 4) is 22.8 Å². The van der Waals surface area contributed by atoms with Gasteiger partial charge in [0, 0.05) is 30.9 Å². The molecule has 0 aliphatic heterocycles. The molecule has 0 spiro atoms. The molecular weight excluding hydrogens is 354 g/mol. The van der Waals surface area contributed by atoms with Crippen LogP contribution in [0.2, 0.25) is 0 Å². The molecule has 0 saturated heterocycles. The molecule has 0 aliphatic rings. The predicted molar refractivity (Wildman–Crippen MR) is 110 cm³/mol. The Morgan fingerprint density at radius 2 is 1.86 bits per heavy atom. The maximum atomic E-state index is 6.05. The topological polar surface area (TPSA) is 86.7 Å². The number of rotatable bonds is 7. The summed E-state index contributed by atoms with van der Waals surface area (Å²) < 4.78 is 12.4. The van der Waals surface area contributed by atoms with Gasteiger partial charge in [-0.2, -0.15) is 5.10 Å². The Labute approximate surface area is 164 Å². The number of guanidine groups is 1. The quantitative estimate of drug-likeness (QED) is 0.487. The van der Waals surface area contributed by atoms with Crippen molar-refractivity contribution in [1.29, 1.82) is 0 Å². The zero-order chi connectivity index (χ0) is 19.9. The van der Waals surface area contributed by atoms with E-state index in [9.17, 15) is 0 Å². The molecule has 0 atom stereocenters. The molecule has 7 heteroatoms. The second-order valence-electron chi connectivity index (χ2n) is 6.29. The van der Waals surface area contributed by atoms with Gasteiger partial charge in [0.15, 0.2) is 17.5 Å². The van der Waals surface area contributed by atoms with Crippen LogP contribution in [0, 0.1) is 0 Å². The zero-order valence-corrected chi connectivity index (χ0v) is 16.3. The number of benzene rings is 2. The van der Waals surface area contributed by atoms with Gasteiger partial charge in [-0.15, -0.1) is 0 Å². The Kier molecular flexibility index (Phi) is 6.16. The van der Waals surface area contributed by atoms with E-state index >= 15 is 0 Å². The number of nitrogens with zero attached hydrogens (tertiary/aromatic N) is 3. The molecule has 28 heavy (non-hydrogen) atoms. The molecule has 1 heterocycles. The second kappa shape index (κ2) is 8.94. The van der Waals surface area contributed by atoms with Gasteiger partial charge in [0.05, 0.1) is 26.5 Å². The lowest BCUT2D eigenvalue weighted by atomic mass is 10.1. The van der Waals surface area contributed by atoms with Crippen molar-refractivity contribution in [1.82, 2.24) is 15.1 Å². The standard InChI is InChI=1S/C21H25N5O2/c1-26-14-17(20(25-26)16-7-5-4-6-8-16)13-24-21(22)23-12-15-9-10-18(27-2)19(11-15)28-3/h4-11,14H,12-13H2,1-3H3,(H3,22,23,24). The van der Waals surface area contributed by atoms with Crippen LogP contribution in [0.5, 0.6) is 11.5 Å². The molecule has 0 unspecified atom stereocenters. The van der Waals surface area contributed by atoms with E-state index in [1.807, 2.05) is 61.8 Å². The highest BCUT2D eigenvalue weighted by atomic mass is 16.5. The highest BCUT2D eigenvalue weighted by Crippen LogP contribution is 2.27. The highest BCUT2D eigenvalue weighted by molar-refractivity contribution is 5.78. The molecule has 0 radical (unpaired) electrons. The number of nitrogens with one attached hydrogen (secondary N) is 1. The first kappa shape index (κ1) is 19.3. The molecule has 0 amide bonds. The van der Waals surface area contributed by atoms with Crippen molar-refractivity contribution >= 4 is 5.96 Å². The van der Waals surface area contributed by atoms with Gasteiger partial charge in [-0.25, -0.2) is 4.99 Å². The maximum absolute atomic E-state index is 6.05. The summed E-state index contributed by atoms with van der Waals surface area (Å²) in [6, 6.07) is 15.8. The zero-order valence-electron chi connectivity index (χ0n) is 16.3. The first-order valence-electron chi connectivity index (χ1n) is 8.93. The van der Waals surface area contributed by atoms with Crippen LogP contribution in [-0.4, -0.2) is 30.0 Å². The summed E-state index contributed by atoms with van der Waals surface area (Å²) in [5, 5.41) is 7.72. The molecule has 3 aromatic rings. The minimum atomic E-state index is 0.373. The van der Waals surface area contributed by atoms with Gasteiger partial charge in [0.2, 0.25) is 0 Å². The van der Waals surface area contributed by atoms with Gasteiger partial charge in [-0.3, -0.25) is 4.68 Å². The Hall–Kier alpha value is -3.48. The minimum absolute atomic E-state index is 0.373. The molecule has 1 aromatic heterocycles. The van der Waals surface area contributed by atoms with Crippen LogP contribution >= 0.6 is 0 Å². The predicted octanol–water partition coefficient (Wildman–Crippen LogP) is 2.71. The van der Waals surface area contributed by atoms with Gasteiger partial charge in [0.25, 0.3) is 0 Å². The van der Waals surface area contributed by atoms with E-state index in [4.69, 9.17) is 15.2 Å². The first-order chi connectivity index (χ1) is 13.6. The Bertz CT molecular complexity index is 951. The summed E-state index contributed by atoms with van der Waals surface area (Å²) in [5.74, 6) is 1.73. The maximum Gasteiger partial charge on any atom is 0.189 e. The van der Waals surface area contributed by atoms with Gasteiger partial charge >= 0.3 is 0 Å². The van der Waals surface area contributed by atoms with Crippen LogP contribution < -0.4 is 20.5 Å².